The Hall–Kier alpha value is -1.69. The molecule has 0 radical (unpaired) electrons. The van der Waals surface area contributed by atoms with Crippen molar-refractivity contribution < 1.29 is 8.42 Å². The van der Waals surface area contributed by atoms with Crippen molar-refractivity contribution in [3.05, 3.63) is 71.3 Å². The summed E-state index contributed by atoms with van der Waals surface area (Å²) in [7, 11) is -3.30. The number of benzene rings is 2. The molecule has 2 aromatic rings. The maximum atomic E-state index is 13.0. The van der Waals surface area contributed by atoms with Gasteiger partial charge in [-0.25, -0.2) is 8.42 Å². The fourth-order valence-corrected chi connectivity index (χ4v) is 5.65. The van der Waals surface area contributed by atoms with E-state index in [1.807, 2.05) is 37.3 Å². The highest BCUT2D eigenvalue weighted by atomic mass is 32.2. The Labute approximate surface area is 163 Å². The molecule has 0 spiro atoms. The molecule has 0 amide bonds. The second-order valence-corrected chi connectivity index (χ2v) is 9.70. The predicted octanol–water partition coefficient (Wildman–Crippen LogP) is 3.46. The molecule has 0 saturated carbocycles. The number of nitrogens with zero attached hydrogens (tertiary/aromatic N) is 2. The molecule has 3 rings (SSSR count). The van der Waals surface area contributed by atoms with Crippen LogP contribution in [-0.4, -0.2) is 49.3 Å². The molecule has 0 aliphatic carbocycles. The van der Waals surface area contributed by atoms with Gasteiger partial charge in [-0.1, -0.05) is 60.2 Å². The minimum Gasteiger partial charge on any atom is -0.295 e. The number of piperazine rings is 1. The van der Waals surface area contributed by atoms with Gasteiger partial charge in [0.25, 0.3) is 0 Å². The first-order valence-electron chi connectivity index (χ1n) is 9.68. The van der Waals surface area contributed by atoms with Gasteiger partial charge in [-0.15, -0.1) is 0 Å². The summed E-state index contributed by atoms with van der Waals surface area (Å²) < 4.78 is 27.6. The normalized spacial score (nSPS) is 22.0. The summed E-state index contributed by atoms with van der Waals surface area (Å²) in [5.74, 6) is 0.0815. The van der Waals surface area contributed by atoms with Gasteiger partial charge in [-0.2, -0.15) is 4.31 Å². The van der Waals surface area contributed by atoms with Crippen molar-refractivity contribution in [3.63, 3.8) is 0 Å². The molecule has 146 valence electrons. The minimum absolute atomic E-state index is 0.0815. The molecule has 1 aliphatic rings. The number of rotatable bonds is 6. The molecule has 27 heavy (non-hydrogen) atoms. The highest BCUT2D eigenvalue weighted by Crippen LogP contribution is 2.21. The van der Waals surface area contributed by atoms with Gasteiger partial charge < -0.3 is 0 Å². The molecule has 1 saturated heterocycles. The molecule has 0 aromatic heterocycles. The van der Waals surface area contributed by atoms with Crippen LogP contribution in [0.1, 0.15) is 30.5 Å². The van der Waals surface area contributed by atoms with E-state index in [1.165, 1.54) is 5.56 Å². The van der Waals surface area contributed by atoms with Gasteiger partial charge in [0, 0.05) is 31.7 Å². The summed E-state index contributed by atoms with van der Waals surface area (Å²) in [5.41, 5.74) is 3.28. The average molecular weight is 387 g/mol. The third kappa shape index (κ3) is 5.18. The van der Waals surface area contributed by atoms with E-state index in [2.05, 4.69) is 43.0 Å². The Bertz CT molecular complexity index is 840. The van der Waals surface area contributed by atoms with Gasteiger partial charge in [-0.3, -0.25) is 4.90 Å². The van der Waals surface area contributed by atoms with E-state index >= 15 is 0 Å². The Morgan fingerprint density at radius 3 is 2.19 bits per heavy atom. The first-order valence-corrected chi connectivity index (χ1v) is 11.3. The Morgan fingerprint density at radius 1 is 0.926 bits per heavy atom. The second kappa shape index (κ2) is 8.55. The summed E-state index contributed by atoms with van der Waals surface area (Å²) in [4.78, 5) is 2.44. The second-order valence-electron chi connectivity index (χ2n) is 7.73. The molecule has 2 atom stereocenters. The molecule has 1 fully saturated rings. The fourth-order valence-electron chi connectivity index (χ4n) is 3.98. The number of sulfonamides is 1. The van der Waals surface area contributed by atoms with Crippen LogP contribution >= 0.6 is 0 Å². The van der Waals surface area contributed by atoms with E-state index < -0.39 is 10.0 Å². The molecule has 1 heterocycles. The first kappa shape index (κ1) is 20.1. The van der Waals surface area contributed by atoms with E-state index in [1.54, 1.807) is 4.31 Å². The molecule has 5 heteroatoms. The number of aryl methyl sites for hydroxylation is 1. The van der Waals surface area contributed by atoms with Gasteiger partial charge in [0.1, 0.15) is 0 Å². The van der Waals surface area contributed by atoms with Crippen molar-refractivity contribution >= 4 is 10.0 Å². The average Bonchev–Trinajstić information content (AvgIpc) is 2.61. The van der Waals surface area contributed by atoms with E-state index in [0.717, 1.165) is 24.1 Å². The standard InChI is InChI=1S/C22H30N2O2S/c1-18-8-7-11-22(14-18)17-27(25,26)23-15-19(2)24(20(3)16-23)13-12-21-9-5-4-6-10-21/h4-11,14,19-20H,12-13,15-17H2,1-3H3. The van der Waals surface area contributed by atoms with Gasteiger partial charge >= 0.3 is 0 Å². The molecule has 4 nitrogen and oxygen atoms in total. The van der Waals surface area contributed by atoms with Crippen molar-refractivity contribution in [3.8, 4) is 0 Å². The summed E-state index contributed by atoms with van der Waals surface area (Å²) in [6.07, 6.45) is 0.992. The molecule has 0 N–H and O–H groups in total. The quantitative estimate of drug-likeness (QED) is 0.763. The lowest BCUT2D eigenvalue weighted by atomic mass is 10.1. The van der Waals surface area contributed by atoms with E-state index in [4.69, 9.17) is 0 Å². The maximum Gasteiger partial charge on any atom is 0.218 e. The van der Waals surface area contributed by atoms with Crippen LogP contribution in [-0.2, 0) is 22.2 Å². The zero-order valence-corrected chi connectivity index (χ0v) is 17.3. The molecule has 0 bridgehead atoms. The van der Waals surface area contributed by atoms with Crippen molar-refractivity contribution in [2.24, 2.45) is 0 Å². The van der Waals surface area contributed by atoms with Gasteiger partial charge in [0.05, 0.1) is 5.75 Å². The zero-order valence-electron chi connectivity index (χ0n) is 16.5. The van der Waals surface area contributed by atoms with Crippen LogP contribution in [0, 0.1) is 6.92 Å². The van der Waals surface area contributed by atoms with Crippen LogP contribution in [0.4, 0.5) is 0 Å². The van der Waals surface area contributed by atoms with Crippen LogP contribution in [0.2, 0.25) is 0 Å². The number of hydrogen-bond donors (Lipinski definition) is 0. The lowest BCUT2D eigenvalue weighted by molar-refractivity contribution is 0.0783. The maximum absolute atomic E-state index is 13.0. The molecular weight excluding hydrogens is 356 g/mol. The predicted molar refractivity (Wildman–Crippen MR) is 111 cm³/mol. The molecule has 1 aliphatic heterocycles. The molecule has 2 unspecified atom stereocenters. The van der Waals surface area contributed by atoms with Crippen LogP contribution in [0.25, 0.3) is 0 Å². The van der Waals surface area contributed by atoms with Crippen LogP contribution in [0.15, 0.2) is 54.6 Å². The Kier molecular flexibility index (Phi) is 6.35. The smallest absolute Gasteiger partial charge is 0.218 e. The topological polar surface area (TPSA) is 40.6 Å². The zero-order chi connectivity index (χ0) is 19.4. The Morgan fingerprint density at radius 2 is 1.56 bits per heavy atom. The highest BCUT2D eigenvalue weighted by Gasteiger charge is 2.35. The highest BCUT2D eigenvalue weighted by molar-refractivity contribution is 7.88. The lowest BCUT2D eigenvalue weighted by Crippen LogP contribution is -2.58. The van der Waals surface area contributed by atoms with Crippen LogP contribution in [0.5, 0.6) is 0 Å². The minimum atomic E-state index is -3.30. The van der Waals surface area contributed by atoms with E-state index in [0.29, 0.717) is 13.1 Å². The van der Waals surface area contributed by atoms with E-state index in [-0.39, 0.29) is 17.8 Å². The van der Waals surface area contributed by atoms with Crippen LogP contribution < -0.4 is 0 Å². The SMILES string of the molecule is Cc1cccc(CS(=O)(=O)N2CC(C)N(CCc3ccccc3)C(C)C2)c1. The first-order chi connectivity index (χ1) is 12.8. The van der Waals surface area contributed by atoms with Gasteiger partial charge in [0.2, 0.25) is 10.0 Å². The molecule has 2 aromatic carbocycles. The lowest BCUT2D eigenvalue weighted by Gasteiger charge is -2.44. The largest absolute Gasteiger partial charge is 0.295 e. The summed E-state index contributed by atoms with van der Waals surface area (Å²) >= 11 is 0. The fraction of sp³-hybridized carbons (Fsp3) is 0.455. The van der Waals surface area contributed by atoms with Crippen molar-refractivity contribution in [1.29, 1.82) is 0 Å². The van der Waals surface area contributed by atoms with Crippen LogP contribution in [0.3, 0.4) is 0 Å². The molecular formula is C22H30N2O2S. The monoisotopic (exact) mass is 386 g/mol. The van der Waals surface area contributed by atoms with Gasteiger partial charge in [0.15, 0.2) is 0 Å². The van der Waals surface area contributed by atoms with Crippen molar-refractivity contribution in [1.82, 2.24) is 9.21 Å². The Balaban J connectivity index is 1.63. The van der Waals surface area contributed by atoms with E-state index in [9.17, 15) is 8.42 Å². The summed E-state index contributed by atoms with van der Waals surface area (Å²) in [6.45, 7) is 8.34. The summed E-state index contributed by atoms with van der Waals surface area (Å²) in [6, 6.07) is 18.7. The summed E-state index contributed by atoms with van der Waals surface area (Å²) in [5, 5.41) is 0. The van der Waals surface area contributed by atoms with Gasteiger partial charge in [-0.05, 0) is 38.3 Å². The number of hydrogen-bond acceptors (Lipinski definition) is 3. The van der Waals surface area contributed by atoms with Crippen molar-refractivity contribution in [2.75, 3.05) is 19.6 Å². The third-order valence-corrected chi connectivity index (χ3v) is 7.18. The van der Waals surface area contributed by atoms with Crippen molar-refractivity contribution in [2.45, 2.75) is 45.0 Å². The third-order valence-electron chi connectivity index (χ3n) is 5.39.